The normalized spacial score (nSPS) is 10.5. The third kappa shape index (κ3) is 5.24. The highest BCUT2D eigenvalue weighted by atomic mass is 32.2. The molecule has 0 aliphatic heterocycles. The summed E-state index contributed by atoms with van der Waals surface area (Å²) in [7, 11) is 0. The molecule has 2 amide bonds. The van der Waals surface area contributed by atoms with Gasteiger partial charge in [0.2, 0.25) is 5.91 Å². The van der Waals surface area contributed by atoms with Gasteiger partial charge in [0.15, 0.2) is 0 Å². The van der Waals surface area contributed by atoms with Gasteiger partial charge in [-0.1, -0.05) is 30.3 Å². The fourth-order valence-corrected chi connectivity index (χ4v) is 4.48. The van der Waals surface area contributed by atoms with E-state index in [4.69, 9.17) is 0 Å². The molecule has 0 spiro atoms. The maximum Gasteiger partial charge on any atom is 0.252 e. The van der Waals surface area contributed by atoms with Crippen molar-refractivity contribution in [2.75, 3.05) is 11.9 Å². The Bertz CT molecular complexity index is 968. The first-order valence-corrected chi connectivity index (χ1v) is 10.8. The molecule has 1 heterocycles. The van der Waals surface area contributed by atoms with Gasteiger partial charge in [-0.25, -0.2) is 0 Å². The van der Waals surface area contributed by atoms with Crippen LogP contribution in [0.1, 0.15) is 26.4 Å². The monoisotopic (exact) mass is 410 g/mol. The SMILES string of the molecule is Cc1cccc(NC(=O)CNC(=O)c2ccccc2SCc2cccs2)c1C. The number of anilines is 1. The predicted octanol–water partition coefficient (Wildman–Crippen LogP) is 5.03. The van der Waals surface area contributed by atoms with Gasteiger partial charge >= 0.3 is 0 Å². The molecule has 0 atom stereocenters. The van der Waals surface area contributed by atoms with Crippen LogP contribution in [0.25, 0.3) is 0 Å². The minimum atomic E-state index is -0.245. The number of amides is 2. The Morgan fingerprint density at radius 2 is 1.82 bits per heavy atom. The largest absolute Gasteiger partial charge is 0.343 e. The van der Waals surface area contributed by atoms with E-state index in [1.807, 2.05) is 61.7 Å². The van der Waals surface area contributed by atoms with Crippen molar-refractivity contribution in [1.29, 1.82) is 0 Å². The third-order valence-electron chi connectivity index (χ3n) is 4.37. The number of nitrogens with one attached hydrogen (secondary N) is 2. The highest BCUT2D eigenvalue weighted by Crippen LogP contribution is 2.28. The fraction of sp³-hybridized carbons (Fsp3) is 0.182. The van der Waals surface area contributed by atoms with Crippen LogP contribution in [0.4, 0.5) is 5.69 Å². The number of aryl methyl sites for hydroxylation is 1. The van der Waals surface area contributed by atoms with Crippen molar-refractivity contribution in [2.45, 2.75) is 24.5 Å². The minimum absolute atomic E-state index is 0.0733. The minimum Gasteiger partial charge on any atom is -0.343 e. The molecule has 0 fully saturated rings. The average Bonchev–Trinajstić information content (AvgIpc) is 3.22. The summed E-state index contributed by atoms with van der Waals surface area (Å²) in [5.74, 6) is 0.325. The van der Waals surface area contributed by atoms with Crippen LogP contribution in [-0.2, 0) is 10.5 Å². The Morgan fingerprint density at radius 1 is 1.00 bits per heavy atom. The van der Waals surface area contributed by atoms with E-state index in [1.165, 1.54) is 4.88 Å². The number of rotatable bonds is 7. The molecule has 28 heavy (non-hydrogen) atoms. The lowest BCUT2D eigenvalue weighted by Gasteiger charge is -2.12. The van der Waals surface area contributed by atoms with Crippen molar-refractivity contribution < 1.29 is 9.59 Å². The highest BCUT2D eigenvalue weighted by molar-refractivity contribution is 7.98. The quantitative estimate of drug-likeness (QED) is 0.537. The number of hydrogen-bond acceptors (Lipinski definition) is 4. The van der Waals surface area contributed by atoms with Gasteiger partial charge in [0, 0.05) is 21.2 Å². The lowest BCUT2D eigenvalue weighted by atomic mass is 10.1. The smallest absolute Gasteiger partial charge is 0.252 e. The summed E-state index contributed by atoms with van der Waals surface area (Å²) in [5.41, 5.74) is 3.49. The Kier molecular flexibility index (Phi) is 6.90. The van der Waals surface area contributed by atoms with Gasteiger partial charge in [-0.15, -0.1) is 23.1 Å². The van der Waals surface area contributed by atoms with E-state index in [9.17, 15) is 9.59 Å². The molecule has 0 radical (unpaired) electrons. The summed E-state index contributed by atoms with van der Waals surface area (Å²) in [6.45, 7) is 3.89. The van der Waals surface area contributed by atoms with E-state index in [2.05, 4.69) is 16.7 Å². The van der Waals surface area contributed by atoms with Crippen LogP contribution in [0.3, 0.4) is 0 Å². The van der Waals surface area contributed by atoms with Gasteiger partial charge in [-0.2, -0.15) is 0 Å². The molecule has 4 nitrogen and oxygen atoms in total. The molecule has 0 saturated heterocycles. The zero-order chi connectivity index (χ0) is 19.9. The average molecular weight is 411 g/mol. The van der Waals surface area contributed by atoms with Crippen molar-refractivity contribution in [3.05, 3.63) is 81.5 Å². The summed E-state index contributed by atoms with van der Waals surface area (Å²) in [4.78, 5) is 27.0. The molecule has 6 heteroatoms. The van der Waals surface area contributed by atoms with E-state index < -0.39 is 0 Å². The third-order valence-corrected chi connectivity index (χ3v) is 6.55. The molecule has 0 bridgehead atoms. The van der Waals surface area contributed by atoms with E-state index in [0.717, 1.165) is 27.5 Å². The van der Waals surface area contributed by atoms with E-state index in [0.29, 0.717) is 5.56 Å². The van der Waals surface area contributed by atoms with Crippen LogP contribution >= 0.6 is 23.1 Å². The van der Waals surface area contributed by atoms with Crippen molar-refractivity contribution in [2.24, 2.45) is 0 Å². The standard InChI is InChI=1S/C22H22N2O2S2/c1-15-7-5-10-19(16(15)2)24-21(25)13-23-22(26)18-9-3-4-11-20(18)28-14-17-8-6-12-27-17/h3-12H,13-14H2,1-2H3,(H,23,26)(H,24,25). The molecule has 1 aromatic heterocycles. The van der Waals surface area contributed by atoms with Crippen LogP contribution < -0.4 is 10.6 Å². The molecule has 3 rings (SSSR count). The summed E-state index contributed by atoms with van der Waals surface area (Å²) >= 11 is 3.32. The van der Waals surface area contributed by atoms with Crippen LogP contribution in [0.2, 0.25) is 0 Å². The van der Waals surface area contributed by atoms with Gasteiger partial charge in [0.25, 0.3) is 5.91 Å². The van der Waals surface area contributed by atoms with Crippen LogP contribution in [-0.4, -0.2) is 18.4 Å². The topological polar surface area (TPSA) is 58.2 Å². The van der Waals surface area contributed by atoms with Crippen LogP contribution in [0, 0.1) is 13.8 Å². The zero-order valence-corrected chi connectivity index (χ0v) is 17.5. The zero-order valence-electron chi connectivity index (χ0n) is 15.8. The Balaban J connectivity index is 1.58. The molecule has 3 aromatic rings. The summed E-state index contributed by atoms with van der Waals surface area (Å²) in [6.07, 6.45) is 0. The number of carbonyl (C=O) groups is 2. The molecule has 144 valence electrons. The lowest BCUT2D eigenvalue weighted by molar-refractivity contribution is -0.115. The van der Waals surface area contributed by atoms with Crippen LogP contribution in [0.15, 0.2) is 64.9 Å². The van der Waals surface area contributed by atoms with E-state index in [-0.39, 0.29) is 18.4 Å². The van der Waals surface area contributed by atoms with Crippen molar-refractivity contribution in [3.8, 4) is 0 Å². The molecule has 0 saturated carbocycles. The number of thioether (sulfide) groups is 1. The number of thiophene rings is 1. The molecule has 0 unspecified atom stereocenters. The van der Waals surface area contributed by atoms with Gasteiger partial charge in [0.1, 0.15) is 0 Å². The lowest BCUT2D eigenvalue weighted by Crippen LogP contribution is -2.33. The number of hydrogen-bond donors (Lipinski definition) is 2. The molecule has 2 aromatic carbocycles. The molecule has 0 aliphatic rings. The van der Waals surface area contributed by atoms with Gasteiger partial charge in [-0.3, -0.25) is 9.59 Å². The fourth-order valence-electron chi connectivity index (χ4n) is 2.66. The first-order chi connectivity index (χ1) is 13.5. The van der Waals surface area contributed by atoms with Crippen LogP contribution in [0.5, 0.6) is 0 Å². The maximum absolute atomic E-state index is 12.6. The molecule has 2 N–H and O–H groups in total. The predicted molar refractivity (Wildman–Crippen MR) is 117 cm³/mol. The van der Waals surface area contributed by atoms with Gasteiger partial charge in [-0.05, 0) is 54.6 Å². The molecular formula is C22H22N2O2S2. The van der Waals surface area contributed by atoms with E-state index >= 15 is 0 Å². The van der Waals surface area contributed by atoms with Crippen molar-refractivity contribution in [3.63, 3.8) is 0 Å². The first-order valence-electron chi connectivity index (χ1n) is 8.93. The highest BCUT2D eigenvalue weighted by Gasteiger charge is 2.13. The molecule has 0 aliphatic carbocycles. The summed E-state index contributed by atoms with van der Waals surface area (Å²) in [5, 5.41) is 7.63. The van der Waals surface area contributed by atoms with Gasteiger partial charge in [0.05, 0.1) is 12.1 Å². The van der Waals surface area contributed by atoms with E-state index in [1.54, 1.807) is 29.2 Å². The second-order valence-electron chi connectivity index (χ2n) is 6.34. The first kappa shape index (κ1) is 20.2. The maximum atomic E-state index is 12.6. The van der Waals surface area contributed by atoms with Crippen molar-refractivity contribution >= 4 is 40.6 Å². The summed E-state index contributed by atoms with van der Waals surface area (Å²) in [6, 6.07) is 17.3. The Morgan fingerprint density at radius 3 is 2.61 bits per heavy atom. The Labute approximate surface area is 173 Å². The number of benzene rings is 2. The second kappa shape index (κ2) is 9.57. The Hall–Kier alpha value is -2.57. The summed E-state index contributed by atoms with van der Waals surface area (Å²) < 4.78 is 0. The number of carbonyl (C=O) groups excluding carboxylic acids is 2. The second-order valence-corrected chi connectivity index (χ2v) is 8.39. The molecular weight excluding hydrogens is 388 g/mol. The van der Waals surface area contributed by atoms with Gasteiger partial charge < -0.3 is 10.6 Å². The van der Waals surface area contributed by atoms with Crippen molar-refractivity contribution in [1.82, 2.24) is 5.32 Å².